The number of carbonyl (C=O) groups is 2. The van der Waals surface area contributed by atoms with Crippen molar-refractivity contribution in [3.05, 3.63) is 34.9 Å². The van der Waals surface area contributed by atoms with E-state index in [1.807, 2.05) is 18.2 Å². The van der Waals surface area contributed by atoms with Gasteiger partial charge in [0.15, 0.2) is 0 Å². The largest absolute Gasteiger partial charge is 0.413 e. The number of amidine groups is 1. The van der Waals surface area contributed by atoms with E-state index in [1.54, 1.807) is 31.0 Å². The molecule has 2 aliphatic rings. The third-order valence-electron chi connectivity index (χ3n) is 3.94. The first-order chi connectivity index (χ1) is 11.4. The van der Waals surface area contributed by atoms with Crippen LogP contribution in [0.2, 0.25) is 5.02 Å². The van der Waals surface area contributed by atoms with E-state index in [4.69, 9.17) is 11.6 Å². The highest BCUT2D eigenvalue weighted by Crippen LogP contribution is 2.17. The normalized spacial score (nSPS) is 20.8. The van der Waals surface area contributed by atoms with E-state index in [1.165, 1.54) is 11.9 Å². The number of hydrazone groups is 1. The summed E-state index contributed by atoms with van der Waals surface area (Å²) >= 11 is 6.06. The van der Waals surface area contributed by atoms with Gasteiger partial charge >= 0.3 is 12.0 Å². The van der Waals surface area contributed by atoms with Gasteiger partial charge in [0.1, 0.15) is 0 Å². The zero-order valence-electron chi connectivity index (χ0n) is 13.4. The molecule has 3 amide bonds. The van der Waals surface area contributed by atoms with Crippen LogP contribution in [0.4, 0.5) is 4.79 Å². The molecule has 1 atom stereocenters. The molecule has 0 bridgehead atoms. The maximum atomic E-state index is 12.3. The molecule has 1 aromatic carbocycles. The van der Waals surface area contributed by atoms with Crippen LogP contribution in [0.5, 0.6) is 0 Å². The lowest BCUT2D eigenvalue weighted by molar-refractivity contribution is -0.507. The molecule has 24 heavy (non-hydrogen) atoms. The highest BCUT2D eigenvalue weighted by Gasteiger charge is 2.50. The molecule has 2 heterocycles. The average Bonchev–Trinajstić information content (AvgIpc) is 2.90. The van der Waals surface area contributed by atoms with E-state index in [0.717, 1.165) is 10.5 Å². The van der Waals surface area contributed by atoms with Crippen molar-refractivity contribution in [1.29, 1.82) is 0 Å². The predicted molar refractivity (Wildman–Crippen MR) is 90.5 cm³/mol. The third-order valence-corrected chi connectivity index (χ3v) is 4.29. The van der Waals surface area contributed by atoms with Crippen LogP contribution < -0.4 is 5.43 Å². The first-order valence-corrected chi connectivity index (χ1v) is 7.57. The Morgan fingerprint density at radius 2 is 2.00 bits per heavy atom. The molecular weight excluding hydrogens is 332 g/mol. The van der Waals surface area contributed by atoms with Crippen LogP contribution in [0.3, 0.4) is 0 Å². The van der Waals surface area contributed by atoms with Gasteiger partial charge in [0.25, 0.3) is 5.91 Å². The second-order valence-corrected chi connectivity index (χ2v) is 5.84. The summed E-state index contributed by atoms with van der Waals surface area (Å²) in [6, 6.07) is 6.22. The van der Waals surface area contributed by atoms with Gasteiger partial charge in [-0.2, -0.15) is 5.43 Å². The maximum Gasteiger partial charge on any atom is 0.413 e. The van der Waals surface area contributed by atoms with Crippen molar-refractivity contribution in [2.45, 2.75) is 6.04 Å². The van der Waals surface area contributed by atoms with Gasteiger partial charge in [-0.3, -0.25) is 14.6 Å². The Kier molecular flexibility index (Phi) is 4.06. The zero-order chi connectivity index (χ0) is 17.4. The smallest absolute Gasteiger partial charge is 0.270 e. The van der Waals surface area contributed by atoms with Gasteiger partial charge in [0, 0.05) is 24.7 Å². The number of urea groups is 1. The first kappa shape index (κ1) is 16.1. The summed E-state index contributed by atoms with van der Waals surface area (Å²) < 4.78 is 1.64. The van der Waals surface area contributed by atoms with E-state index in [9.17, 15) is 9.59 Å². The van der Waals surface area contributed by atoms with Crippen molar-refractivity contribution < 1.29 is 14.2 Å². The van der Waals surface area contributed by atoms with Gasteiger partial charge < -0.3 is 0 Å². The number of nitrogens with one attached hydrogen (secondary N) is 1. The van der Waals surface area contributed by atoms with Crippen LogP contribution in [0.1, 0.15) is 5.56 Å². The van der Waals surface area contributed by atoms with E-state index in [2.05, 4.69) is 15.5 Å². The highest BCUT2D eigenvalue weighted by atomic mass is 35.5. The summed E-state index contributed by atoms with van der Waals surface area (Å²) in [5.74, 6) is 0.425. The number of imide groups is 1. The van der Waals surface area contributed by atoms with Crippen molar-refractivity contribution in [3.63, 3.8) is 0 Å². The lowest BCUT2D eigenvalue weighted by atomic mass is 10.2. The summed E-state index contributed by atoms with van der Waals surface area (Å²) in [6.07, 6.45) is 1.56. The Morgan fingerprint density at radius 1 is 1.29 bits per heavy atom. The SMILES string of the molecule is CN1C(=O)C2C(=NC(N/N=C/c3ccccc3Cl)=[N+]2C)N(C)C1=O. The molecule has 1 aromatic rings. The Labute approximate surface area is 143 Å². The summed E-state index contributed by atoms with van der Waals surface area (Å²) in [4.78, 5) is 31.1. The van der Waals surface area contributed by atoms with Crippen molar-refractivity contribution in [2.75, 3.05) is 21.1 Å². The Morgan fingerprint density at radius 3 is 2.71 bits per heavy atom. The average molecular weight is 348 g/mol. The lowest BCUT2D eigenvalue weighted by Crippen LogP contribution is -2.61. The van der Waals surface area contributed by atoms with Crippen molar-refractivity contribution in [1.82, 2.24) is 15.2 Å². The fourth-order valence-corrected chi connectivity index (χ4v) is 2.71. The number of guanidine groups is 1. The minimum Gasteiger partial charge on any atom is -0.270 e. The fourth-order valence-electron chi connectivity index (χ4n) is 2.52. The molecule has 0 spiro atoms. The monoisotopic (exact) mass is 347 g/mol. The van der Waals surface area contributed by atoms with Gasteiger partial charge in [-0.05, 0) is 6.07 Å². The van der Waals surface area contributed by atoms with Gasteiger partial charge in [-0.1, -0.05) is 34.8 Å². The molecule has 2 aliphatic heterocycles. The van der Waals surface area contributed by atoms with E-state index < -0.39 is 12.1 Å². The number of amides is 3. The predicted octanol–water partition coefficient (Wildman–Crippen LogP) is 0.566. The molecule has 0 radical (unpaired) electrons. The summed E-state index contributed by atoms with van der Waals surface area (Å²) in [5, 5.41) is 4.69. The van der Waals surface area contributed by atoms with Crippen molar-refractivity contribution in [2.24, 2.45) is 10.1 Å². The summed E-state index contributed by atoms with van der Waals surface area (Å²) in [6.45, 7) is 0. The van der Waals surface area contributed by atoms with Crippen molar-refractivity contribution >= 4 is 41.5 Å². The number of hydrogen-bond donors (Lipinski definition) is 1. The second-order valence-electron chi connectivity index (χ2n) is 5.44. The molecule has 0 aliphatic carbocycles. The minimum absolute atomic E-state index is 0.328. The summed E-state index contributed by atoms with van der Waals surface area (Å²) in [5.41, 5.74) is 3.54. The Hall–Kier alpha value is -2.74. The molecule has 9 heteroatoms. The van der Waals surface area contributed by atoms with Crippen molar-refractivity contribution in [3.8, 4) is 0 Å². The van der Waals surface area contributed by atoms with E-state index in [0.29, 0.717) is 16.8 Å². The van der Waals surface area contributed by atoms with Gasteiger partial charge in [-0.15, -0.1) is 5.10 Å². The number of likely N-dealkylation sites (N-methyl/N-ethyl adjacent to an activating group) is 3. The standard InChI is InChI=1S/C15H15ClN6O2/c1-20-11-12(21(2)15(24)22(3)13(11)23)18-14(20)19-17-8-9-6-4-5-7-10(9)16/h4-8,11H,1-3H3/p+1/b17-8+. The second kappa shape index (κ2) is 6.04. The highest BCUT2D eigenvalue weighted by molar-refractivity contribution is 6.33. The van der Waals surface area contributed by atoms with Gasteiger partial charge in [0.05, 0.1) is 13.3 Å². The van der Waals surface area contributed by atoms with E-state index in [-0.39, 0.29) is 5.91 Å². The quantitative estimate of drug-likeness (QED) is 0.482. The van der Waals surface area contributed by atoms with Crippen LogP contribution >= 0.6 is 11.6 Å². The number of carbonyl (C=O) groups excluding carboxylic acids is 2. The molecule has 124 valence electrons. The number of halogens is 1. The molecule has 1 saturated heterocycles. The van der Waals surface area contributed by atoms with Gasteiger partial charge in [0.2, 0.25) is 11.9 Å². The summed E-state index contributed by atoms with van der Waals surface area (Å²) in [7, 11) is 4.75. The number of aliphatic imine (C=N–C) groups is 1. The molecular formula is C15H16ClN6O2+. The Bertz CT molecular complexity index is 816. The number of hydrogen-bond acceptors (Lipinski definition) is 5. The molecule has 1 N–H and O–H groups in total. The molecule has 0 saturated carbocycles. The molecule has 8 nitrogen and oxygen atoms in total. The van der Waals surface area contributed by atoms with Gasteiger partial charge in [-0.25, -0.2) is 9.37 Å². The molecule has 1 fully saturated rings. The first-order valence-electron chi connectivity index (χ1n) is 7.19. The maximum absolute atomic E-state index is 12.3. The van der Waals surface area contributed by atoms with Crippen LogP contribution in [0.25, 0.3) is 0 Å². The van der Waals surface area contributed by atoms with Crippen LogP contribution in [0.15, 0.2) is 34.4 Å². The van der Waals surface area contributed by atoms with E-state index >= 15 is 0 Å². The lowest BCUT2D eigenvalue weighted by Gasteiger charge is -2.31. The molecule has 0 aromatic heterocycles. The zero-order valence-corrected chi connectivity index (χ0v) is 14.2. The topological polar surface area (TPSA) is 80.4 Å². The van der Waals surface area contributed by atoms with Crippen LogP contribution in [0, 0.1) is 0 Å². The minimum atomic E-state index is -0.643. The third kappa shape index (κ3) is 2.54. The fraction of sp³-hybridized carbons (Fsp3) is 0.267. The molecule has 1 unspecified atom stereocenters. The van der Waals surface area contributed by atoms with Crippen LogP contribution in [-0.2, 0) is 4.79 Å². The van der Waals surface area contributed by atoms with Crippen LogP contribution in [-0.4, -0.2) is 71.5 Å². The molecule has 3 rings (SSSR count). The number of benzene rings is 1. The number of nitrogens with zero attached hydrogens (tertiary/aromatic N) is 5. The number of fused-ring (bicyclic) bond motifs is 1. The Balaban J connectivity index is 1.83. The number of rotatable bonds is 2.